The Morgan fingerprint density at radius 3 is 2.83 bits per heavy atom. The van der Waals surface area contributed by atoms with Crippen LogP contribution in [0.3, 0.4) is 0 Å². The van der Waals surface area contributed by atoms with Crippen molar-refractivity contribution in [3.05, 3.63) is 12.2 Å². The molecule has 0 amide bonds. The van der Waals surface area contributed by atoms with Crippen LogP contribution in [-0.2, 0) is 4.74 Å². The fourth-order valence-electron chi connectivity index (χ4n) is 3.14. The molecule has 3 heterocycles. The van der Waals surface area contributed by atoms with Crippen molar-refractivity contribution in [3.63, 3.8) is 0 Å². The number of nitrogens with zero attached hydrogens (tertiary/aromatic N) is 4. The van der Waals surface area contributed by atoms with Crippen LogP contribution in [0.4, 0.5) is 10.2 Å². The number of anilines is 1. The van der Waals surface area contributed by atoms with E-state index in [4.69, 9.17) is 4.74 Å². The highest BCUT2D eigenvalue weighted by Crippen LogP contribution is 2.34. The zero-order chi connectivity index (χ0) is 16.8. The maximum absolute atomic E-state index is 14.4. The van der Waals surface area contributed by atoms with E-state index in [9.17, 15) is 14.6 Å². The van der Waals surface area contributed by atoms with Gasteiger partial charge >= 0.3 is 0 Å². The minimum Gasteiger partial charge on any atom is -0.394 e. The van der Waals surface area contributed by atoms with Gasteiger partial charge in [0.2, 0.25) is 0 Å². The number of rotatable bonds is 4. The molecule has 1 saturated heterocycles. The summed E-state index contributed by atoms with van der Waals surface area (Å²) < 4.78 is 21.3. The quantitative estimate of drug-likeness (QED) is 0.754. The van der Waals surface area contributed by atoms with Gasteiger partial charge in [0.15, 0.2) is 29.4 Å². The first-order chi connectivity index (χ1) is 11.6. The molecule has 1 aliphatic heterocycles. The molecule has 1 saturated carbocycles. The number of fused-ring (bicyclic) bond motifs is 1. The summed E-state index contributed by atoms with van der Waals surface area (Å²) in [5.41, 5.74) is 0.994. The largest absolute Gasteiger partial charge is 0.394 e. The number of hydrogen-bond acceptors (Lipinski definition) is 7. The molecule has 130 valence electrons. The van der Waals surface area contributed by atoms with Crippen LogP contribution in [0.1, 0.15) is 31.3 Å². The Balaban J connectivity index is 1.72. The average molecular weight is 337 g/mol. The summed E-state index contributed by atoms with van der Waals surface area (Å²) in [6.07, 6.45) is -0.271. The van der Waals surface area contributed by atoms with Crippen molar-refractivity contribution in [1.29, 1.82) is 0 Å². The number of imidazole rings is 1. The Morgan fingerprint density at radius 2 is 2.21 bits per heavy atom. The fraction of sp³-hybridized carbons (Fsp3) is 0.667. The molecule has 2 aromatic rings. The lowest BCUT2D eigenvalue weighted by molar-refractivity contribution is -0.0459. The third-order valence-corrected chi connectivity index (χ3v) is 4.73. The predicted octanol–water partition coefficient (Wildman–Crippen LogP) is 0.688. The molecule has 4 rings (SSSR count). The van der Waals surface area contributed by atoms with Gasteiger partial charge in [-0.3, -0.25) is 4.57 Å². The Kier molecular flexibility index (Phi) is 3.86. The maximum Gasteiger partial charge on any atom is 0.173 e. The molecule has 0 spiro atoms. The first-order valence-corrected chi connectivity index (χ1v) is 8.14. The Hall–Kier alpha value is -1.84. The number of halogens is 1. The van der Waals surface area contributed by atoms with E-state index in [1.165, 1.54) is 17.3 Å². The third kappa shape index (κ3) is 2.43. The van der Waals surface area contributed by atoms with Gasteiger partial charge in [0.05, 0.1) is 12.9 Å². The molecule has 4 atom stereocenters. The summed E-state index contributed by atoms with van der Waals surface area (Å²) in [6.45, 7) is 1.31. The highest BCUT2D eigenvalue weighted by atomic mass is 19.1. The van der Waals surface area contributed by atoms with Crippen molar-refractivity contribution in [2.45, 2.75) is 56.8 Å². The lowest BCUT2D eigenvalue weighted by atomic mass is 9.93. The second-order valence-electron chi connectivity index (χ2n) is 6.40. The van der Waals surface area contributed by atoms with Crippen LogP contribution in [0.25, 0.3) is 11.2 Å². The van der Waals surface area contributed by atoms with Gasteiger partial charge in [0, 0.05) is 6.04 Å². The Bertz CT molecular complexity index is 750. The molecule has 2 aromatic heterocycles. The zero-order valence-corrected chi connectivity index (χ0v) is 13.3. The first-order valence-electron chi connectivity index (χ1n) is 8.14. The number of hydrogen-bond donors (Lipinski definition) is 3. The number of alkyl halides is 1. The normalized spacial score (nSPS) is 30.7. The van der Waals surface area contributed by atoms with Crippen LogP contribution < -0.4 is 5.32 Å². The summed E-state index contributed by atoms with van der Waals surface area (Å²) in [7, 11) is 0. The standard InChI is InChI=1S/C15H20FN5O3/c1-7-18-13(20-8-3-2-4-8)11-14(19-7)21(6-17-11)15-10(16)12(23)9(5-22)24-15/h6,8-10,12,15,22-23H,2-5H2,1H3,(H,18,19,20)/t9-,10+,12-,15-/m1/s1. The van der Waals surface area contributed by atoms with Gasteiger partial charge in [-0.05, 0) is 26.2 Å². The first kappa shape index (κ1) is 15.7. The Morgan fingerprint density at radius 1 is 1.42 bits per heavy atom. The summed E-state index contributed by atoms with van der Waals surface area (Å²) in [6, 6.07) is 0.380. The van der Waals surface area contributed by atoms with Gasteiger partial charge in [-0.25, -0.2) is 19.3 Å². The van der Waals surface area contributed by atoms with Crippen molar-refractivity contribution < 1.29 is 19.3 Å². The molecule has 0 aromatic carbocycles. The van der Waals surface area contributed by atoms with Crippen molar-refractivity contribution in [3.8, 4) is 0 Å². The summed E-state index contributed by atoms with van der Waals surface area (Å²) >= 11 is 0. The van der Waals surface area contributed by atoms with Crippen molar-refractivity contribution in [1.82, 2.24) is 19.5 Å². The highest BCUT2D eigenvalue weighted by Gasteiger charge is 2.45. The molecule has 0 unspecified atom stereocenters. The number of ether oxygens (including phenoxy) is 1. The predicted molar refractivity (Wildman–Crippen MR) is 83.2 cm³/mol. The third-order valence-electron chi connectivity index (χ3n) is 4.73. The number of nitrogens with one attached hydrogen (secondary N) is 1. The molecule has 2 aliphatic rings. The topological polar surface area (TPSA) is 105 Å². The van der Waals surface area contributed by atoms with E-state index in [1.807, 2.05) is 0 Å². The maximum atomic E-state index is 14.4. The highest BCUT2D eigenvalue weighted by molar-refractivity contribution is 5.83. The van der Waals surface area contributed by atoms with Crippen LogP contribution in [-0.4, -0.2) is 60.8 Å². The number of aliphatic hydroxyl groups is 2. The molecule has 2 fully saturated rings. The lowest BCUT2D eigenvalue weighted by Gasteiger charge is -2.27. The van der Waals surface area contributed by atoms with E-state index in [0.717, 1.165) is 12.8 Å². The SMILES string of the molecule is Cc1nc(NC2CCC2)c2ncn([C@@H]3O[C@H](CO)[C@@H](O)[C@@H]3F)c2n1. The molecule has 0 bridgehead atoms. The minimum atomic E-state index is -1.67. The average Bonchev–Trinajstić information content (AvgIpc) is 3.05. The van der Waals surface area contributed by atoms with Gasteiger partial charge in [-0.1, -0.05) is 0 Å². The summed E-state index contributed by atoms with van der Waals surface area (Å²) in [5.74, 6) is 1.17. The van der Waals surface area contributed by atoms with E-state index >= 15 is 0 Å². The number of aromatic nitrogens is 4. The van der Waals surface area contributed by atoms with E-state index in [2.05, 4.69) is 20.3 Å². The van der Waals surface area contributed by atoms with Gasteiger partial charge < -0.3 is 20.3 Å². The Labute approximate surface area is 137 Å². The monoisotopic (exact) mass is 337 g/mol. The molecule has 9 heteroatoms. The van der Waals surface area contributed by atoms with E-state index in [1.54, 1.807) is 6.92 Å². The number of aryl methyl sites for hydroxylation is 1. The molecule has 0 radical (unpaired) electrons. The molecule has 24 heavy (non-hydrogen) atoms. The van der Waals surface area contributed by atoms with E-state index in [0.29, 0.717) is 28.8 Å². The zero-order valence-electron chi connectivity index (χ0n) is 13.3. The van der Waals surface area contributed by atoms with Crippen molar-refractivity contribution in [2.75, 3.05) is 11.9 Å². The number of aliphatic hydroxyl groups excluding tert-OH is 2. The van der Waals surface area contributed by atoms with Crippen LogP contribution >= 0.6 is 0 Å². The van der Waals surface area contributed by atoms with Crippen molar-refractivity contribution in [2.24, 2.45) is 0 Å². The second kappa shape index (κ2) is 5.91. The lowest BCUT2D eigenvalue weighted by Crippen LogP contribution is -2.30. The van der Waals surface area contributed by atoms with Crippen LogP contribution in [0.2, 0.25) is 0 Å². The molecule has 8 nitrogen and oxygen atoms in total. The molecular weight excluding hydrogens is 317 g/mol. The van der Waals surface area contributed by atoms with E-state index in [-0.39, 0.29) is 0 Å². The van der Waals surface area contributed by atoms with Crippen LogP contribution in [0.15, 0.2) is 6.33 Å². The van der Waals surface area contributed by atoms with Gasteiger partial charge in [0.1, 0.15) is 18.0 Å². The van der Waals surface area contributed by atoms with Gasteiger partial charge in [-0.15, -0.1) is 0 Å². The smallest absolute Gasteiger partial charge is 0.173 e. The van der Waals surface area contributed by atoms with Crippen molar-refractivity contribution >= 4 is 17.0 Å². The fourth-order valence-corrected chi connectivity index (χ4v) is 3.14. The molecular formula is C15H20FN5O3. The molecule has 1 aliphatic carbocycles. The minimum absolute atomic E-state index is 0.380. The van der Waals surface area contributed by atoms with E-state index < -0.39 is 31.2 Å². The summed E-state index contributed by atoms with van der Waals surface area (Å²) in [5, 5.41) is 22.4. The van der Waals surface area contributed by atoms with Gasteiger partial charge in [0.25, 0.3) is 0 Å². The van der Waals surface area contributed by atoms with Gasteiger partial charge in [-0.2, -0.15) is 0 Å². The summed E-state index contributed by atoms with van der Waals surface area (Å²) in [4.78, 5) is 13.1. The van der Waals surface area contributed by atoms with Crippen LogP contribution in [0, 0.1) is 6.92 Å². The molecule has 3 N–H and O–H groups in total. The van der Waals surface area contributed by atoms with Crippen LogP contribution in [0.5, 0.6) is 0 Å². The second-order valence-corrected chi connectivity index (χ2v) is 6.40.